The molecule has 3 rings (SSSR count). The van der Waals surface area contributed by atoms with Gasteiger partial charge in [-0.2, -0.15) is 0 Å². The van der Waals surface area contributed by atoms with Gasteiger partial charge in [0, 0.05) is 34.9 Å². The van der Waals surface area contributed by atoms with Gasteiger partial charge in [0.25, 0.3) is 0 Å². The van der Waals surface area contributed by atoms with Crippen molar-refractivity contribution in [3.05, 3.63) is 70.7 Å². The number of imidazole rings is 1. The second kappa shape index (κ2) is 9.71. The van der Waals surface area contributed by atoms with Crippen LogP contribution in [0.1, 0.15) is 17.9 Å². The van der Waals surface area contributed by atoms with Gasteiger partial charge >= 0.3 is 0 Å². The van der Waals surface area contributed by atoms with Gasteiger partial charge in [-0.05, 0) is 36.2 Å². The Morgan fingerprint density at radius 1 is 1.07 bits per heavy atom. The van der Waals surface area contributed by atoms with E-state index < -0.39 is 0 Å². The van der Waals surface area contributed by atoms with Crippen molar-refractivity contribution in [2.24, 2.45) is 0 Å². The number of para-hydroxylation sites is 1. The summed E-state index contributed by atoms with van der Waals surface area (Å²) < 4.78 is 18.8. The maximum Gasteiger partial charge on any atom is 0.203 e. The Morgan fingerprint density at radius 3 is 2.57 bits per heavy atom. The number of aromatic nitrogens is 2. The monoisotopic (exact) mass is 420 g/mol. The van der Waals surface area contributed by atoms with Crippen molar-refractivity contribution in [2.45, 2.75) is 18.9 Å². The second-order valence-electron chi connectivity index (χ2n) is 6.25. The number of benzene rings is 2. The predicted molar refractivity (Wildman–Crippen MR) is 111 cm³/mol. The van der Waals surface area contributed by atoms with Gasteiger partial charge in [0.2, 0.25) is 5.75 Å². The van der Waals surface area contributed by atoms with Crippen molar-refractivity contribution in [1.29, 1.82) is 0 Å². The van der Waals surface area contributed by atoms with E-state index in [9.17, 15) is 0 Å². The van der Waals surface area contributed by atoms with Crippen molar-refractivity contribution in [2.75, 3.05) is 20.8 Å². The van der Waals surface area contributed by atoms with Crippen LogP contribution in [0.25, 0.3) is 0 Å². The SMILES string of the molecule is COc1cccc(OCCC(Cn2ccnc2)c2ccc(Cl)cc2Cl)c1OC. The Morgan fingerprint density at radius 2 is 1.89 bits per heavy atom. The summed E-state index contributed by atoms with van der Waals surface area (Å²) >= 11 is 12.5. The standard InChI is InChI=1S/C21H22Cl2N2O3/c1-26-19-4-3-5-20(21(19)27-2)28-11-8-15(13-25-10-9-24-14-25)17-7-6-16(22)12-18(17)23/h3-7,9-10,12,14-15H,8,11,13H2,1-2H3. The molecule has 1 aromatic heterocycles. The zero-order chi connectivity index (χ0) is 19.9. The summed E-state index contributed by atoms with van der Waals surface area (Å²) in [5.41, 5.74) is 1.03. The van der Waals surface area contributed by atoms with Crippen molar-refractivity contribution in [3.63, 3.8) is 0 Å². The zero-order valence-corrected chi connectivity index (χ0v) is 17.3. The van der Waals surface area contributed by atoms with E-state index in [2.05, 4.69) is 4.98 Å². The maximum atomic E-state index is 6.46. The van der Waals surface area contributed by atoms with Gasteiger partial charge in [0.15, 0.2) is 11.5 Å². The molecule has 0 aliphatic heterocycles. The van der Waals surface area contributed by atoms with E-state index in [4.69, 9.17) is 37.4 Å². The first-order valence-corrected chi connectivity index (χ1v) is 9.62. The van der Waals surface area contributed by atoms with Gasteiger partial charge in [-0.15, -0.1) is 0 Å². The molecule has 1 atom stereocenters. The summed E-state index contributed by atoms with van der Waals surface area (Å²) in [6, 6.07) is 11.2. The minimum Gasteiger partial charge on any atom is -0.493 e. The zero-order valence-electron chi connectivity index (χ0n) is 15.8. The topological polar surface area (TPSA) is 45.5 Å². The van der Waals surface area contributed by atoms with E-state index in [0.717, 1.165) is 18.5 Å². The molecule has 1 heterocycles. The lowest BCUT2D eigenvalue weighted by Crippen LogP contribution is -2.13. The molecule has 28 heavy (non-hydrogen) atoms. The quantitative estimate of drug-likeness (QED) is 0.460. The number of rotatable bonds is 9. The summed E-state index contributed by atoms with van der Waals surface area (Å²) in [6.45, 7) is 1.22. The largest absolute Gasteiger partial charge is 0.493 e. The average molecular weight is 421 g/mol. The molecule has 3 aromatic rings. The first-order chi connectivity index (χ1) is 13.6. The van der Waals surface area contributed by atoms with Gasteiger partial charge in [-0.1, -0.05) is 35.3 Å². The summed E-state index contributed by atoms with van der Waals surface area (Å²) in [4.78, 5) is 4.12. The molecule has 0 spiro atoms. The van der Waals surface area contributed by atoms with Gasteiger partial charge < -0.3 is 18.8 Å². The van der Waals surface area contributed by atoms with Gasteiger partial charge in [0.1, 0.15) is 0 Å². The molecule has 0 radical (unpaired) electrons. The molecule has 2 aromatic carbocycles. The number of methoxy groups -OCH3 is 2. The molecular weight excluding hydrogens is 399 g/mol. The predicted octanol–water partition coefficient (Wildman–Crippen LogP) is 5.46. The summed E-state index contributed by atoms with van der Waals surface area (Å²) in [6.07, 6.45) is 6.24. The highest BCUT2D eigenvalue weighted by Crippen LogP contribution is 2.37. The Labute approximate surface area is 174 Å². The van der Waals surface area contributed by atoms with Crippen LogP contribution >= 0.6 is 23.2 Å². The van der Waals surface area contributed by atoms with E-state index in [1.54, 1.807) is 32.8 Å². The molecule has 7 heteroatoms. The van der Waals surface area contributed by atoms with Crippen LogP contribution in [0.3, 0.4) is 0 Å². The summed E-state index contributed by atoms with van der Waals surface area (Å²) in [5, 5.41) is 1.27. The fourth-order valence-electron chi connectivity index (χ4n) is 3.11. The number of halogens is 2. The van der Waals surface area contributed by atoms with E-state index >= 15 is 0 Å². The number of hydrogen-bond donors (Lipinski definition) is 0. The van der Waals surface area contributed by atoms with Gasteiger partial charge in [-0.3, -0.25) is 0 Å². The minimum atomic E-state index is 0.135. The Bertz CT molecular complexity index is 901. The Kier molecular flexibility index (Phi) is 7.06. The third-order valence-corrected chi connectivity index (χ3v) is 5.05. The van der Waals surface area contributed by atoms with E-state index in [1.807, 2.05) is 41.1 Å². The van der Waals surface area contributed by atoms with Crippen molar-refractivity contribution >= 4 is 23.2 Å². The lowest BCUT2D eigenvalue weighted by molar-refractivity contribution is 0.267. The van der Waals surface area contributed by atoms with Crippen LogP contribution in [-0.4, -0.2) is 30.4 Å². The molecular formula is C21H22Cl2N2O3. The third kappa shape index (κ3) is 4.91. The fraction of sp³-hybridized carbons (Fsp3) is 0.286. The maximum absolute atomic E-state index is 6.46. The smallest absolute Gasteiger partial charge is 0.203 e. The molecule has 1 unspecified atom stereocenters. The van der Waals surface area contributed by atoms with Crippen LogP contribution in [0, 0.1) is 0 Å². The molecule has 0 fully saturated rings. The van der Waals surface area contributed by atoms with Gasteiger partial charge in [0.05, 0.1) is 27.2 Å². The van der Waals surface area contributed by atoms with Crippen LogP contribution in [0.4, 0.5) is 0 Å². The molecule has 0 bridgehead atoms. The van der Waals surface area contributed by atoms with E-state index in [0.29, 0.717) is 33.9 Å². The van der Waals surface area contributed by atoms with Crippen molar-refractivity contribution < 1.29 is 14.2 Å². The third-order valence-electron chi connectivity index (χ3n) is 4.48. The average Bonchev–Trinajstić information content (AvgIpc) is 3.20. The molecule has 0 saturated heterocycles. The molecule has 0 aliphatic rings. The molecule has 5 nitrogen and oxygen atoms in total. The van der Waals surface area contributed by atoms with Crippen LogP contribution in [0.5, 0.6) is 17.2 Å². The Balaban J connectivity index is 1.75. The van der Waals surface area contributed by atoms with Crippen LogP contribution in [0.2, 0.25) is 10.0 Å². The van der Waals surface area contributed by atoms with Crippen LogP contribution in [-0.2, 0) is 6.54 Å². The minimum absolute atomic E-state index is 0.135. The first-order valence-electron chi connectivity index (χ1n) is 8.87. The van der Waals surface area contributed by atoms with Crippen molar-refractivity contribution in [3.8, 4) is 17.2 Å². The number of nitrogens with zero attached hydrogens (tertiary/aromatic N) is 2. The summed E-state index contributed by atoms with van der Waals surface area (Å²) in [7, 11) is 3.20. The summed E-state index contributed by atoms with van der Waals surface area (Å²) in [5.74, 6) is 2.00. The van der Waals surface area contributed by atoms with Crippen LogP contribution < -0.4 is 14.2 Å². The molecule has 148 valence electrons. The first kappa shape index (κ1) is 20.4. The van der Waals surface area contributed by atoms with Gasteiger partial charge in [-0.25, -0.2) is 4.98 Å². The number of hydrogen-bond acceptors (Lipinski definition) is 4. The highest BCUT2D eigenvalue weighted by Gasteiger charge is 2.17. The molecule has 0 amide bonds. The fourth-order valence-corrected chi connectivity index (χ4v) is 3.67. The van der Waals surface area contributed by atoms with E-state index in [1.165, 1.54) is 0 Å². The highest BCUT2D eigenvalue weighted by molar-refractivity contribution is 6.35. The molecule has 0 saturated carbocycles. The van der Waals surface area contributed by atoms with E-state index in [-0.39, 0.29) is 5.92 Å². The second-order valence-corrected chi connectivity index (χ2v) is 7.09. The number of ether oxygens (including phenoxy) is 3. The molecule has 0 aliphatic carbocycles. The lowest BCUT2D eigenvalue weighted by atomic mass is 9.95. The normalized spacial score (nSPS) is 11.9. The molecule has 0 N–H and O–H groups in total. The lowest BCUT2D eigenvalue weighted by Gasteiger charge is -2.20. The Hall–Kier alpha value is -2.37. The highest BCUT2D eigenvalue weighted by atomic mass is 35.5. The van der Waals surface area contributed by atoms with Crippen molar-refractivity contribution in [1.82, 2.24) is 9.55 Å². The van der Waals surface area contributed by atoms with Crippen LogP contribution in [0.15, 0.2) is 55.1 Å².